The van der Waals surface area contributed by atoms with Gasteiger partial charge in [0.1, 0.15) is 6.61 Å². The van der Waals surface area contributed by atoms with Gasteiger partial charge in [-0.2, -0.15) is 5.10 Å². The molecule has 1 amide bonds. The first-order chi connectivity index (χ1) is 16.9. The number of carbonyl (C=O) groups is 1. The molecule has 2 unspecified atom stereocenters. The Balaban J connectivity index is 0.00000167. The molecule has 1 aliphatic heterocycles. The molecule has 2 aromatic carbocycles. The zero-order valence-electron chi connectivity index (χ0n) is 21.5. The lowest BCUT2D eigenvalue weighted by Crippen LogP contribution is -2.45. The van der Waals surface area contributed by atoms with E-state index in [4.69, 9.17) is 14.8 Å². The van der Waals surface area contributed by atoms with Crippen molar-refractivity contribution in [3.63, 3.8) is 0 Å². The number of aliphatic hydroxyl groups excluding tert-OH is 1. The van der Waals surface area contributed by atoms with Gasteiger partial charge in [0, 0.05) is 24.6 Å². The van der Waals surface area contributed by atoms with Crippen molar-refractivity contribution in [2.45, 2.75) is 47.2 Å². The third-order valence-corrected chi connectivity index (χ3v) is 5.90. The van der Waals surface area contributed by atoms with Gasteiger partial charge >= 0.3 is 0 Å². The number of amides is 1. The minimum absolute atomic E-state index is 0.00143. The fraction of sp³-hybridized carbons (Fsp3) is 0.464. The zero-order chi connectivity index (χ0) is 25.4. The van der Waals surface area contributed by atoms with Gasteiger partial charge < -0.3 is 14.7 Å². The second-order valence-corrected chi connectivity index (χ2v) is 9.68. The summed E-state index contributed by atoms with van der Waals surface area (Å²) < 4.78 is 7.46. The van der Waals surface area contributed by atoms with Gasteiger partial charge in [-0.05, 0) is 11.0 Å². The van der Waals surface area contributed by atoms with Gasteiger partial charge in [-0.3, -0.25) is 4.79 Å². The monoisotopic (exact) mass is 478 g/mol. The van der Waals surface area contributed by atoms with E-state index >= 15 is 0 Å². The Morgan fingerprint density at radius 2 is 1.69 bits per heavy atom. The highest BCUT2D eigenvalue weighted by atomic mass is 16.5. The van der Waals surface area contributed by atoms with Crippen LogP contribution in [0.5, 0.6) is 0 Å². The first-order valence-electron chi connectivity index (χ1n) is 12.4. The molecule has 7 nitrogen and oxygen atoms in total. The Morgan fingerprint density at radius 3 is 2.29 bits per heavy atom. The van der Waals surface area contributed by atoms with E-state index in [0.29, 0.717) is 25.5 Å². The largest absolute Gasteiger partial charge is 0.396 e. The third kappa shape index (κ3) is 6.55. The molecule has 1 saturated heterocycles. The molecule has 3 aromatic rings. The van der Waals surface area contributed by atoms with Gasteiger partial charge in [-0.1, -0.05) is 95.3 Å². The average Bonchev–Trinajstić information content (AvgIpc) is 3.17. The van der Waals surface area contributed by atoms with E-state index < -0.39 is 0 Å². The quantitative estimate of drug-likeness (QED) is 0.561. The molecule has 0 aliphatic carbocycles. The molecule has 7 heteroatoms. The summed E-state index contributed by atoms with van der Waals surface area (Å²) in [5, 5.41) is 14.7. The summed E-state index contributed by atoms with van der Waals surface area (Å²) in [5.74, 6) is 1.13. The smallest absolute Gasteiger partial charge is 0.249 e. The van der Waals surface area contributed by atoms with Crippen LogP contribution in [0.15, 0.2) is 60.7 Å². The highest BCUT2D eigenvalue weighted by molar-refractivity contribution is 5.78. The number of ether oxygens (including phenoxy) is 1. The summed E-state index contributed by atoms with van der Waals surface area (Å²) in [4.78, 5) is 20.0. The van der Waals surface area contributed by atoms with Crippen molar-refractivity contribution in [3.05, 3.63) is 72.1 Å². The van der Waals surface area contributed by atoms with Gasteiger partial charge in [-0.15, -0.1) is 0 Å². The molecule has 0 saturated carbocycles. The maximum Gasteiger partial charge on any atom is 0.249 e. The van der Waals surface area contributed by atoms with Crippen LogP contribution in [0.25, 0.3) is 11.4 Å². The summed E-state index contributed by atoms with van der Waals surface area (Å²) in [6, 6.07) is 19.7. The van der Waals surface area contributed by atoms with E-state index in [1.54, 1.807) is 0 Å². The number of hydrogen-bond donors (Lipinski definition) is 1. The summed E-state index contributed by atoms with van der Waals surface area (Å²) in [6.45, 7) is 11.6. The molecule has 2 heterocycles. The Bertz CT molecular complexity index is 1060. The molecular formula is C28H38N4O3. The summed E-state index contributed by atoms with van der Waals surface area (Å²) in [6.07, 6.45) is 0. The standard InChI is InChI=1S/C26H32N4O3.C2H6/c1-26(2,3)23(29-14-20(16-31)17-33-18-22(29)32)25-27-24(21-12-8-5-9-13-21)28-30(25)15-19-10-6-4-7-11-19;1-2/h4-13,20,23,31H,14-18H2,1-3H3;1-2H3. The number of benzene rings is 2. The van der Waals surface area contributed by atoms with Crippen molar-refractivity contribution in [1.82, 2.24) is 19.7 Å². The highest BCUT2D eigenvalue weighted by Crippen LogP contribution is 2.39. The molecule has 0 spiro atoms. The molecule has 188 valence electrons. The Labute approximate surface area is 208 Å². The molecule has 1 aromatic heterocycles. The summed E-state index contributed by atoms with van der Waals surface area (Å²) in [5.41, 5.74) is 1.71. The van der Waals surface area contributed by atoms with Crippen LogP contribution in [0.1, 0.15) is 52.0 Å². The summed E-state index contributed by atoms with van der Waals surface area (Å²) >= 11 is 0. The normalized spacial score (nSPS) is 17.4. The van der Waals surface area contributed by atoms with Crippen LogP contribution in [0.4, 0.5) is 0 Å². The first kappa shape index (κ1) is 26.6. The topological polar surface area (TPSA) is 80.5 Å². The minimum Gasteiger partial charge on any atom is -0.396 e. The fourth-order valence-electron chi connectivity index (χ4n) is 4.32. The fourth-order valence-corrected chi connectivity index (χ4v) is 4.32. The van der Waals surface area contributed by atoms with Crippen LogP contribution in [0.2, 0.25) is 0 Å². The first-order valence-corrected chi connectivity index (χ1v) is 12.4. The molecule has 2 atom stereocenters. The van der Waals surface area contributed by atoms with Gasteiger partial charge in [0.05, 0.1) is 19.2 Å². The molecule has 35 heavy (non-hydrogen) atoms. The Hall–Kier alpha value is -3.03. The van der Waals surface area contributed by atoms with Crippen molar-refractivity contribution < 1.29 is 14.6 Å². The average molecular weight is 479 g/mol. The number of nitrogens with zero attached hydrogens (tertiary/aromatic N) is 4. The molecule has 0 bridgehead atoms. The number of aromatic nitrogens is 3. The van der Waals surface area contributed by atoms with E-state index in [-0.39, 0.29) is 36.5 Å². The molecule has 1 N–H and O–H groups in total. The van der Waals surface area contributed by atoms with Crippen LogP contribution >= 0.6 is 0 Å². The van der Waals surface area contributed by atoms with Crippen molar-refractivity contribution >= 4 is 5.91 Å². The zero-order valence-corrected chi connectivity index (χ0v) is 21.5. The van der Waals surface area contributed by atoms with Crippen LogP contribution < -0.4 is 0 Å². The van der Waals surface area contributed by atoms with Gasteiger partial charge in [-0.25, -0.2) is 9.67 Å². The lowest BCUT2D eigenvalue weighted by atomic mass is 9.84. The van der Waals surface area contributed by atoms with Gasteiger partial charge in [0.25, 0.3) is 0 Å². The van der Waals surface area contributed by atoms with E-state index in [2.05, 4.69) is 32.9 Å². The van der Waals surface area contributed by atoms with Gasteiger partial charge in [0.2, 0.25) is 5.91 Å². The van der Waals surface area contributed by atoms with Crippen molar-refractivity contribution in [1.29, 1.82) is 0 Å². The predicted molar refractivity (Wildman–Crippen MR) is 138 cm³/mol. The van der Waals surface area contributed by atoms with Crippen LogP contribution in [-0.2, 0) is 16.1 Å². The second-order valence-electron chi connectivity index (χ2n) is 9.68. The lowest BCUT2D eigenvalue weighted by molar-refractivity contribution is -0.139. The maximum absolute atomic E-state index is 13.1. The van der Waals surface area contributed by atoms with Crippen LogP contribution in [0, 0.1) is 11.3 Å². The third-order valence-electron chi connectivity index (χ3n) is 5.90. The van der Waals surface area contributed by atoms with Crippen molar-refractivity contribution in [2.24, 2.45) is 11.3 Å². The number of hydrogen-bond acceptors (Lipinski definition) is 5. The Kier molecular flexibility index (Phi) is 9.18. The van der Waals surface area contributed by atoms with Crippen LogP contribution in [-0.4, -0.2) is 57.0 Å². The number of rotatable bonds is 6. The van der Waals surface area contributed by atoms with Gasteiger partial charge in [0.15, 0.2) is 11.6 Å². The molecule has 1 aliphatic rings. The van der Waals surface area contributed by atoms with Crippen molar-refractivity contribution in [2.75, 3.05) is 26.4 Å². The van der Waals surface area contributed by atoms with E-state index in [1.165, 1.54) is 0 Å². The summed E-state index contributed by atoms with van der Waals surface area (Å²) in [7, 11) is 0. The van der Waals surface area contributed by atoms with Crippen LogP contribution in [0.3, 0.4) is 0 Å². The number of aliphatic hydroxyl groups is 1. The maximum atomic E-state index is 13.1. The lowest BCUT2D eigenvalue weighted by Gasteiger charge is -2.39. The van der Waals surface area contributed by atoms with Crippen molar-refractivity contribution in [3.8, 4) is 11.4 Å². The molecule has 0 radical (unpaired) electrons. The highest BCUT2D eigenvalue weighted by Gasteiger charge is 2.40. The van der Waals surface area contributed by atoms with E-state index in [1.807, 2.05) is 72.0 Å². The minimum atomic E-state index is -0.338. The number of carbonyl (C=O) groups excluding carboxylic acids is 1. The van der Waals surface area contributed by atoms with E-state index in [9.17, 15) is 9.90 Å². The molecule has 4 rings (SSSR count). The molecular weight excluding hydrogens is 440 g/mol. The van der Waals surface area contributed by atoms with E-state index in [0.717, 1.165) is 17.0 Å². The SMILES string of the molecule is CC.CC(C)(C)C(c1nc(-c2ccccc2)nn1Cc1ccccc1)N1CC(CO)COCC1=O. The molecule has 1 fully saturated rings. The Morgan fingerprint density at radius 1 is 1.06 bits per heavy atom. The second kappa shape index (κ2) is 12.1. The predicted octanol–water partition coefficient (Wildman–Crippen LogP) is 4.57.